The van der Waals surface area contributed by atoms with E-state index < -0.39 is 21.5 Å². The largest absolute Gasteiger partial charge is 0.360 e. The van der Waals surface area contributed by atoms with Crippen molar-refractivity contribution in [1.29, 1.82) is 0 Å². The summed E-state index contributed by atoms with van der Waals surface area (Å²) in [5.41, 5.74) is 3.63. The first-order valence-electron chi connectivity index (χ1n) is 11.0. The first-order valence-corrected chi connectivity index (χ1v) is 13.1. The molecule has 5 rings (SSSR count). The van der Waals surface area contributed by atoms with Gasteiger partial charge in [-0.15, -0.1) is 0 Å². The molecule has 0 radical (unpaired) electrons. The number of carbonyl (C=O) groups excluding carboxylic acids is 1. The van der Waals surface area contributed by atoms with Gasteiger partial charge in [0.05, 0.1) is 4.90 Å². The molecule has 0 saturated heterocycles. The molecule has 182 valence electrons. The molecule has 0 aliphatic carbocycles. The molecule has 1 amide bonds. The molecule has 0 fully saturated rings. The van der Waals surface area contributed by atoms with Crippen molar-refractivity contribution in [2.45, 2.75) is 18.4 Å². The molecule has 0 atom stereocenters. The van der Waals surface area contributed by atoms with E-state index in [0.29, 0.717) is 22.8 Å². The number of aryl methyl sites for hydroxylation is 1. The highest BCUT2D eigenvalue weighted by Crippen LogP contribution is 2.28. The molecule has 0 spiro atoms. The smallest absolute Gasteiger partial charge is 0.241 e. The van der Waals surface area contributed by atoms with Crippen molar-refractivity contribution in [3.8, 4) is 11.1 Å². The number of para-hydroxylation sites is 1. The van der Waals surface area contributed by atoms with E-state index in [2.05, 4.69) is 15.5 Å². The second kappa shape index (κ2) is 9.60. The van der Waals surface area contributed by atoms with E-state index in [0.717, 1.165) is 22.2 Å². The van der Waals surface area contributed by atoms with Crippen molar-refractivity contribution in [2.24, 2.45) is 0 Å². The summed E-state index contributed by atoms with van der Waals surface area (Å²) in [6.45, 7) is 2.12. The maximum atomic E-state index is 13.2. The molecule has 0 aliphatic rings. The summed E-state index contributed by atoms with van der Waals surface area (Å²) in [4.78, 5) is 16.7. The Morgan fingerprint density at radius 3 is 2.64 bits per heavy atom. The number of nitrogens with one attached hydrogen (secondary N) is 1. The zero-order valence-electron chi connectivity index (χ0n) is 19.2. The van der Waals surface area contributed by atoms with Crippen LogP contribution in [-0.4, -0.2) is 34.8 Å². The third-order valence-corrected chi connectivity index (χ3v) is 7.51. The highest BCUT2D eigenvalue weighted by molar-refractivity contribution is 7.92. The number of halogens is 1. The highest BCUT2D eigenvalue weighted by Gasteiger charge is 2.25. The molecule has 0 unspecified atom stereocenters. The Labute approximate surface area is 212 Å². The molecule has 0 bridgehead atoms. The number of aromatic nitrogens is 3. The van der Waals surface area contributed by atoms with E-state index in [9.17, 15) is 13.2 Å². The summed E-state index contributed by atoms with van der Waals surface area (Å²) in [6.07, 6.45) is 3.30. The van der Waals surface area contributed by atoms with Gasteiger partial charge in [0.2, 0.25) is 5.91 Å². The Kier molecular flexibility index (Phi) is 6.34. The van der Waals surface area contributed by atoms with Gasteiger partial charge in [-0.05, 0) is 42.3 Å². The Bertz CT molecular complexity index is 1670. The van der Waals surface area contributed by atoms with E-state index in [1.165, 1.54) is 6.07 Å². The van der Waals surface area contributed by atoms with E-state index in [1.54, 1.807) is 37.5 Å². The van der Waals surface area contributed by atoms with E-state index in [-0.39, 0.29) is 10.7 Å². The third-order valence-electron chi connectivity index (χ3n) is 5.64. The number of anilines is 1. The molecule has 0 saturated carbocycles. The van der Waals surface area contributed by atoms with Crippen molar-refractivity contribution in [2.75, 3.05) is 11.1 Å². The molecule has 3 heterocycles. The average Bonchev–Trinajstić information content (AvgIpc) is 3.43. The minimum atomic E-state index is -3.94. The SMILES string of the molecule is Cc1cc(NC(=O)CS(=O)(=O)c2cn(Cc3cccc(-c4ccc(Cl)nc4)c3)c3ccccc23)no1. The van der Waals surface area contributed by atoms with Crippen LogP contribution in [0.1, 0.15) is 11.3 Å². The summed E-state index contributed by atoms with van der Waals surface area (Å²) in [6, 6.07) is 20.3. The number of sulfone groups is 1. The van der Waals surface area contributed by atoms with Crippen LogP contribution in [0.3, 0.4) is 0 Å². The predicted octanol–water partition coefficient (Wildman–Crippen LogP) is 5.11. The summed E-state index contributed by atoms with van der Waals surface area (Å²) in [5, 5.41) is 7.12. The van der Waals surface area contributed by atoms with Crippen molar-refractivity contribution < 1.29 is 17.7 Å². The highest BCUT2D eigenvalue weighted by atomic mass is 35.5. The number of fused-ring (bicyclic) bond motifs is 1. The average molecular weight is 521 g/mol. The van der Waals surface area contributed by atoms with Crippen LogP contribution >= 0.6 is 11.6 Å². The Hall–Kier alpha value is -3.95. The lowest BCUT2D eigenvalue weighted by Gasteiger charge is -2.08. The number of pyridine rings is 1. The van der Waals surface area contributed by atoms with Crippen LogP contribution < -0.4 is 5.32 Å². The standard InChI is InChI=1S/C26H21ClN4O4S/c1-17-11-25(30-35-17)29-26(32)16-36(33,34)23-15-31(22-8-3-2-7-21(22)23)14-18-5-4-6-19(12-18)20-9-10-24(27)28-13-20/h2-13,15H,14,16H2,1H3,(H,29,30,32). The lowest BCUT2D eigenvalue weighted by atomic mass is 10.0. The lowest BCUT2D eigenvalue weighted by molar-refractivity contribution is -0.113. The van der Waals surface area contributed by atoms with Crippen molar-refractivity contribution in [1.82, 2.24) is 14.7 Å². The van der Waals surface area contributed by atoms with Crippen molar-refractivity contribution >= 4 is 44.1 Å². The molecular formula is C26H21ClN4O4S. The zero-order chi connectivity index (χ0) is 25.3. The van der Waals surface area contributed by atoms with Crippen LogP contribution in [0.2, 0.25) is 5.15 Å². The second-order valence-corrected chi connectivity index (χ2v) is 10.7. The number of carbonyl (C=O) groups is 1. The summed E-state index contributed by atoms with van der Waals surface area (Å²) in [7, 11) is -3.94. The Balaban J connectivity index is 1.44. The van der Waals surface area contributed by atoms with Crippen LogP contribution in [0.25, 0.3) is 22.0 Å². The topological polar surface area (TPSA) is 107 Å². The number of amides is 1. The van der Waals surface area contributed by atoms with Gasteiger partial charge in [-0.25, -0.2) is 13.4 Å². The van der Waals surface area contributed by atoms with Gasteiger partial charge < -0.3 is 14.4 Å². The van der Waals surface area contributed by atoms with Gasteiger partial charge in [0.15, 0.2) is 15.7 Å². The van der Waals surface area contributed by atoms with E-state index >= 15 is 0 Å². The normalized spacial score (nSPS) is 11.6. The van der Waals surface area contributed by atoms with Crippen molar-refractivity contribution in [3.05, 3.63) is 95.6 Å². The second-order valence-electron chi connectivity index (χ2n) is 8.34. The molecule has 5 aromatic rings. The number of hydrogen-bond donors (Lipinski definition) is 1. The summed E-state index contributed by atoms with van der Waals surface area (Å²) < 4.78 is 33.3. The number of nitrogens with zero attached hydrogens (tertiary/aromatic N) is 3. The molecule has 2 aromatic carbocycles. The molecule has 8 nitrogen and oxygen atoms in total. The lowest BCUT2D eigenvalue weighted by Crippen LogP contribution is -2.23. The van der Waals surface area contributed by atoms with Gasteiger partial charge in [-0.3, -0.25) is 4.79 Å². The van der Waals surface area contributed by atoms with Gasteiger partial charge >= 0.3 is 0 Å². The van der Waals surface area contributed by atoms with Crippen LogP contribution in [0, 0.1) is 6.92 Å². The van der Waals surface area contributed by atoms with Gasteiger partial charge in [-0.2, -0.15) is 0 Å². The summed E-state index contributed by atoms with van der Waals surface area (Å²) >= 11 is 5.91. The fourth-order valence-corrected chi connectivity index (χ4v) is 5.52. The van der Waals surface area contributed by atoms with Crippen LogP contribution in [0.4, 0.5) is 5.82 Å². The maximum absolute atomic E-state index is 13.2. The van der Waals surface area contributed by atoms with Gasteiger partial charge in [0.25, 0.3) is 0 Å². The number of hydrogen-bond acceptors (Lipinski definition) is 6. The Morgan fingerprint density at radius 1 is 1.06 bits per heavy atom. The van der Waals surface area contributed by atoms with E-state index in [4.69, 9.17) is 16.1 Å². The van der Waals surface area contributed by atoms with Gasteiger partial charge in [0.1, 0.15) is 16.7 Å². The van der Waals surface area contributed by atoms with Crippen LogP contribution in [-0.2, 0) is 21.2 Å². The molecule has 3 aromatic heterocycles. The van der Waals surface area contributed by atoms with Gasteiger partial charge in [-0.1, -0.05) is 53.2 Å². The monoisotopic (exact) mass is 520 g/mol. The fraction of sp³-hybridized carbons (Fsp3) is 0.115. The quantitative estimate of drug-likeness (QED) is 0.299. The summed E-state index contributed by atoms with van der Waals surface area (Å²) in [5.74, 6) is -0.727. The van der Waals surface area contributed by atoms with Crippen LogP contribution in [0.15, 0.2) is 88.5 Å². The number of rotatable bonds is 7. The zero-order valence-corrected chi connectivity index (χ0v) is 20.8. The number of benzene rings is 2. The van der Waals surface area contributed by atoms with Gasteiger partial charge in [0, 0.05) is 41.5 Å². The minimum absolute atomic E-state index is 0.0997. The minimum Gasteiger partial charge on any atom is -0.360 e. The molecule has 0 aliphatic heterocycles. The Morgan fingerprint density at radius 2 is 1.89 bits per heavy atom. The first-order chi connectivity index (χ1) is 17.3. The maximum Gasteiger partial charge on any atom is 0.241 e. The van der Waals surface area contributed by atoms with Crippen LogP contribution in [0.5, 0.6) is 0 Å². The molecule has 1 N–H and O–H groups in total. The molecule has 36 heavy (non-hydrogen) atoms. The molecule has 10 heteroatoms. The predicted molar refractivity (Wildman–Crippen MR) is 138 cm³/mol. The molecular weight excluding hydrogens is 500 g/mol. The van der Waals surface area contributed by atoms with E-state index in [1.807, 2.05) is 47.0 Å². The van der Waals surface area contributed by atoms with Crippen molar-refractivity contribution in [3.63, 3.8) is 0 Å². The third kappa shape index (κ3) is 5.02. The first kappa shape index (κ1) is 23.8. The fourth-order valence-electron chi connectivity index (χ4n) is 4.04.